The van der Waals surface area contributed by atoms with Gasteiger partial charge in [-0.1, -0.05) is 103 Å². The average molecular weight is 539 g/mol. The first kappa shape index (κ1) is 34.0. The SMILES string of the molecule is CCCCCCCCCCCCCCCCC[C@@H]1CO[C@@H](OP(=O)(O)OC(C[N+](C)(C)C)OC)CO1. The number of hydrogen-bond acceptors (Lipinski definition) is 6. The molecule has 0 spiro atoms. The van der Waals surface area contributed by atoms with E-state index in [0.717, 1.165) is 12.8 Å². The molecular formula is C27H57NO7P+. The summed E-state index contributed by atoms with van der Waals surface area (Å²) in [6.45, 7) is 3.14. The highest BCUT2D eigenvalue weighted by Gasteiger charge is 2.35. The minimum atomic E-state index is -4.33. The lowest BCUT2D eigenvalue weighted by Crippen LogP contribution is -2.43. The number of methoxy groups -OCH3 is 1. The maximum Gasteiger partial charge on any atom is 0.477 e. The van der Waals surface area contributed by atoms with Crippen LogP contribution in [-0.4, -0.2) is 76.1 Å². The number of rotatable bonds is 23. The second-order valence-corrected chi connectivity index (χ2v) is 12.6. The Morgan fingerprint density at radius 2 is 1.33 bits per heavy atom. The third-order valence-corrected chi connectivity index (χ3v) is 7.53. The van der Waals surface area contributed by atoms with Crippen molar-refractivity contribution >= 4 is 7.82 Å². The topological polar surface area (TPSA) is 83.5 Å². The number of nitrogens with zero attached hydrogens (tertiary/aromatic N) is 1. The number of likely N-dealkylation sites (N-methyl/N-ethyl adjacent to an activating group) is 1. The van der Waals surface area contributed by atoms with E-state index in [9.17, 15) is 9.46 Å². The lowest BCUT2D eigenvalue weighted by atomic mass is 10.0. The molecule has 9 heteroatoms. The van der Waals surface area contributed by atoms with E-state index in [1.807, 2.05) is 21.1 Å². The fourth-order valence-corrected chi connectivity index (χ4v) is 5.33. The quantitative estimate of drug-likeness (QED) is 0.0663. The zero-order valence-electron chi connectivity index (χ0n) is 24.0. The molecule has 1 N–H and O–H groups in total. The van der Waals surface area contributed by atoms with Crippen LogP contribution >= 0.6 is 7.82 Å². The van der Waals surface area contributed by atoms with Crippen LogP contribution in [0.5, 0.6) is 0 Å². The van der Waals surface area contributed by atoms with Gasteiger partial charge in [-0.05, 0) is 6.42 Å². The Labute approximate surface area is 221 Å². The molecule has 2 unspecified atom stereocenters. The number of unbranched alkanes of at least 4 members (excludes halogenated alkanes) is 14. The highest BCUT2D eigenvalue weighted by Crippen LogP contribution is 2.46. The van der Waals surface area contributed by atoms with Crippen molar-refractivity contribution in [1.29, 1.82) is 0 Å². The molecule has 0 aromatic carbocycles. The number of hydrogen-bond donors (Lipinski definition) is 1. The Kier molecular flexibility index (Phi) is 18.8. The molecule has 1 fully saturated rings. The smallest absolute Gasteiger partial charge is 0.371 e. The largest absolute Gasteiger partial charge is 0.477 e. The molecule has 1 aliphatic rings. The number of ether oxygens (including phenoxy) is 3. The highest BCUT2D eigenvalue weighted by atomic mass is 31.2. The Morgan fingerprint density at radius 1 is 0.833 bits per heavy atom. The van der Waals surface area contributed by atoms with Crippen LogP contribution in [-0.2, 0) is 27.8 Å². The molecule has 8 nitrogen and oxygen atoms in total. The van der Waals surface area contributed by atoms with E-state index in [4.69, 9.17) is 23.3 Å². The van der Waals surface area contributed by atoms with Crippen molar-refractivity contribution in [2.24, 2.45) is 0 Å². The van der Waals surface area contributed by atoms with Gasteiger partial charge in [-0.3, -0.25) is 9.05 Å². The average Bonchev–Trinajstić information content (AvgIpc) is 2.81. The molecule has 36 heavy (non-hydrogen) atoms. The Hall–Kier alpha value is -0.0500. The molecule has 1 saturated heterocycles. The maximum atomic E-state index is 12.3. The summed E-state index contributed by atoms with van der Waals surface area (Å²) in [6.07, 6.45) is 19.4. The fourth-order valence-electron chi connectivity index (χ4n) is 4.42. The number of phosphoric ester groups is 1. The molecule has 0 aromatic rings. The maximum absolute atomic E-state index is 12.3. The van der Waals surface area contributed by atoms with Gasteiger partial charge in [0.15, 0.2) is 6.29 Å². The molecule has 0 saturated carbocycles. The van der Waals surface area contributed by atoms with E-state index in [1.54, 1.807) is 0 Å². The van der Waals surface area contributed by atoms with Gasteiger partial charge in [0, 0.05) is 7.11 Å². The van der Waals surface area contributed by atoms with Gasteiger partial charge in [0.2, 0.25) is 6.29 Å². The van der Waals surface area contributed by atoms with Crippen LogP contribution in [0.25, 0.3) is 0 Å². The minimum absolute atomic E-state index is 0.00994. The van der Waals surface area contributed by atoms with Gasteiger partial charge < -0.3 is 23.6 Å². The second-order valence-electron chi connectivity index (χ2n) is 11.3. The molecule has 0 radical (unpaired) electrons. The van der Waals surface area contributed by atoms with E-state index < -0.39 is 20.4 Å². The van der Waals surface area contributed by atoms with Crippen molar-refractivity contribution in [3.63, 3.8) is 0 Å². The van der Waals surface area contributed by atoms with Crippen LogP contribution in [0.4, 0.5) is 0 Å². The van der Waals surface area contributed by atoms with Crippen molar-refractivity contribution in [3.8, 4) is 0 Å². The first-order valence-electron chi connectivity index (χ1n) is 14.4. The van der Waals surface area contributed by atoms with Gasteiger partial charge in [-0.25, -0.2) is 4.57 Å². The van der Waals surface area contributed by atoms with Crippen LogP contribution in [0.1, 0.15) is 110 Å². The van der Waals surface area contributed by atoms with Crippen LogP contribution in [0, 0.1) is 0 Å². The molecule has 0 bridgehead atoms. The molecule has 216 valence electrons. The van der Waals surface area contributed by atoms with Gasteiger partial charge in [-0.15, -0.1) is 0 Å². The zero-order valence-corrected chi connectivity index (χ0v) is 24.9. The van der Waals surface area contributed by atoms with Crippen molar-refractivity contribution in [2.45, 2.75) is 128 Å². The molecule has 0 aromatic heterocycles. The summed E-state index contributed by atoms with van der Waals surface area (Å²) in [7, 11) is 2.92. The first-order chi connectivity index (χ1) is 17.1. The van der Waals surface area contributed by atoms with E-state index in [-0.39, 0.29) is 12.7 Å². The predicted octanol–water partition coefficient (Wildman–Crippen LogP) is 6.80. The highest BCUT2D eigenvalue weighted by molar-refractivity contribution is 7.47. The summed E-state index contributed by atoms with van der Waals surface area (Å²) in [5, 5.41) is 0. The summed E-state index contributed by atoms with van der Waals surface area (Å²) >= 11 is 0. The number of phosphoric acid groups is 1. The summed E-state index contributed by atoms with van der Waals surface area (Å²) in [5.41, 5.74) is 0. The monoisotopic (exact) mass is 538 g/mol. The normalized spacial score (nSPS) is 21.4. The van der Waals surface area contributed by atoms with Gasteiger partial charge in [0.05, 0.1) is 40.5 Å². The lowest BCUT2D eigenvalue weighted by Gasteiger charge is -2.32. The van der Waals surface area contributed by atoms with Crippen molar-refractivity contribution in [3.05, 3.63) is 0 Å². The predicted molar refractivity (Wildman–Crippen MR) is 145 cm³/mol. The molecule has 0 aliphatic carbocycles. The van der Waals surface area contributed by atoms with Crippen molar-refractivity contribution in [1.82, 2.24) is 0 Å². The molecule has 1 heterocycles. The third kappa shape index (κ3) is 19.1. The Balaban J connectivity index is 1.99. The summed E-state index contributed by atoms with van der Waals surface area (Å²) in [5.74, 6) is 0. The van der Waals surface area contributed by atoms with E-state index >= 15 is 0 Å². The molecule has 0 amide bonds. The van der Waals surface area contributed by atoms with Gasteiger partial charge in [0.1, 0.15) is 6.54 Å². The van der Waals surface area contributed by atoms with Gasteiger partial charge in [-0.2, -0.15) is 0 Å². The van der Waals surface area contributed by atoms with E-state index in [2.05, 4.69) is 6.92 Å². The van der Waals surface area contributed by atoms with Crippen LogP contribution < -0.4 is 0 Å². The summed E-state index contributed by atoms with van der Waals surface area (Å²) < 4.78 is 39.8. The van der Waals surface area contributed by atoms with E-state index in [0.29, 0.717) is 17.6 Å². The lowest BCUT2D eigenvalue weighted by molar-refractivity contribution is -0.876. The van der Waals surface area contributed by atoms with Crippen LogP contribution in [0.2, 0.25) is 0 Å². The third-order valence-electron chi connectivity index (χ3n) is 6.53. The van der Waals surface area contributed by atoms with Crippen molar-refractivity contribution < 1.29 is 37.2 Å². The summed E-state index contributed by atoms with van der Waals surface area (Å²) in [6, 6.07) is 0. The molecular weight excluding hydrogens is 481 g/mol. The second kappa shape index (κ2) is 19.9. The summed E-state index contributed by atoms with van der Waals surface area (Å²) in [4.78, 5) is 10.1. The standard InChI is InChI=1S/C27H56NO7P/c1-6-7-8-9-10-11-12-13-14-15-16-17-18-19-20-21-25-23-33-27(24-32-25)35-36(29,30)34-26(31-5)22-28(2,3)4/h25-27H,6-24H2,1-5H3/p+1/t25-,26?,27+/m1/s1. The van der Waals surface area contributed by atoms with E-state index in [1.165, 1.54) is 97.0 Å². The Morgan fingerprint density at radius 3 is 1.75 bits per heavy atom. The molecule has 1 aliphatic heterocycles. The fraction of sp³-hybridized carbons (Fsp3) is 1.00. The minimum Gasteiger partial charge on any atom is -0.371 e. The van der Waals surface area contributed by atoms with Gasteiger partial charge >= 0.3 is 7.82 Å². The number of quaternary nitrogens is 1. The molecule has 4 atom stereocenters. The first-order valence-corrected chi connectivity index (χ1v) is 15.9. The van der Waals surface area contributed by atoms with Crippen LogP contribution in [0.3, 0.4) is 0 Å². The molecule has 1 rings (SSSR count). The van der Waals surface area contributed by atoms with Crippen molar-refractivity contribution in [2.75, 3.05) is 48.0 Å². The zero-order chi connectivity index (χ0) is 26.7. The Bertz CT molecular complexity index is 565. The van der Waals surface area contributed by atoms with Gasteiger partial charge in [0.25, 0.3) is 0 Å². The van der Waals surface area contributed by atoms with Crippen LogP contribution in [0.15, 0.2) is 0 Å².